The summed E-state index contributed by atoms with van der Waals surface area (Å²) >= 11 is 1.79. The number of hydrogen-bond donors (Lipinski definition) is 1. The van der Waals surface area contributed by atoms with E-state index in [1.165, 1.54) is 11.1 Å². The molecule has 0 radical (unpaired) electrons. The van der Waals surface area contributed by atoms with Crippen LogP contribution in [0.5, 0.6) is 0 Å². The topological polar surface area (TPSA) is 12.0 Å². The molecule has 1 aromatic carbocycles. The molecule has 0 bridgehead atoms. The molecule has 1 nitrogen and oxygen atoms in total. The van der Waals surface area contributed by atoms with Crippen molar-refractivity contribution < 1.29 is 0 Å². The minimum Gasteiger partial charge on any atom is -0.312 e. The van der Waals surface area contributed by atoms with Gasteiger partial charge in [-0.15, -0.1) is 18.2 Å². The Kier molecular flexibility index (Phi) is 5.99. The molecule has 0 saturated carbocycles. The minimum absolute atomic E-state index is 0.812. The Hall–Kier alpha value is -0.910. The fourth-order valence-corrected chi connectivity index (χ4v) is 1.88. The lowest BCUT2D eigenvalue weighted by atomic mass is 10.1. The van der Waals surface area contributed by atoms with Crippen molar-refractivity contribution in [1.29, 1.82) is 0 Å². The average molecular weight is 219 g/mol. The number of rotatable bonds is 6. The molecule has 0 saturated heterocycles. The molecule has 0 spiro atoms. The van der Waals surface area contributed by atoms with Crippen LogP contribution in [0.1, 0.15) is 11.1 Å². The van der Waals surface area contributed by atoms with E-state index in [0.717, 1.165) is 24.6 Å². The zero-order valence-electron chi connectivity index (χ0n) is 9.12. The van der Waals surface area contributed by atoms with E-state index in [9.17, 15) is 0 Å². The van der Waals surface area contributed by atoms with Gasteiger partial charge >= 0.3 is 0 Å². The van der Waals surface area contributed by atoms with Crippen molar-refractivity contribution >= 4 is 11.8 Å². The third-order valence-corrected chi connectivity index (χ3v) is 2.88. The van der Waals surface area contributed by atoms with Crippen LogP contribution >= 0.6 is 11.8 Å². The summed E-state index contributed by atoms with van der Waals surface area (Å²) in [6.45, 7) is 4.07. The molecular formula is C13H17NS. The van der Waals surface area contributed by atoms with Crippen LogP contribution in [0.3, 0.4) is 0 Å². The van der Waals surface area contributed by atoms with E-state index < -0.39 is 0 Å². The molecule has 1 rings (SSSR count). The van der Waals surface area contributed by atoms with Crippen LogP contribution in [0.2, 0.25) is 0 Å². The Morgan fingerprint density at radius 1 is 1.47 bits per heavy atom. The predicted octanol–water partition coefficient (Wildman–Crippen LogP) is 2.45. The second-order valence-corrected chi connectivity index (χ2v) is 4.53. The van der Waals surface area contributed by atoms with Gasteiger partial charge < -0.3 is 5.32 Å². The maximum atomic E-state index is 5.16. The van der Waals surface area contributed by atoms with Crippen LogP contribution in [-0.2, 0) is 6.54 Å². The standard InChI is InChI=1S/C13H17NS/c1-3-8-15-9-7-14-11-13-6-4-5-12(2)10-13/h1,4-6,10,14H,7-9,11H2,2H3. The summed E-state index contributed by atoms with van der Waals surface area (Å²) in [6.07, 6.45) is 5.16. The van der Waals surface area contributed by atoms with E-state index >= 15 is 0 Å². The summed E-state index contributed by atoms with van der Waals surface area (Å²) in [5.74, 6) is 4.51. The second kappa shape index (κ2) is 7.39. The van der Waals surface area contributed by atoms with Gasteiger partial charge in [-0.1, -0.05) is 35.7 Å². The van der Waals surface area contributed by atoms with Crippen molar-refractivity contribution in [3.05, 3.63) is 35.4 Å². The maximum absolute atomic E-state index is 5.16. The van der Waals surface area contributed by atoms with Gasteiger partial charge in [0, 0.05) is 18.8 Å². The molecular weight excluding hydrogens is 202 g/mol. The molecule has 0 fully saturated rings. The number of nitrogens with one attached hydrogen (secondary N) is 1. The Bertz CT molecular complexity index is 328. The number of benzene rings is 1. The zero-order chi connectivity index (χ0) is 10.9. The highest BCUT2D eigenvalue weighted by molar-refractivity contribution is 7.99. The van der Waals surface area contributed by atoms with Gasteiger partial charge in [-0.25, -0.2) is 0 Å². The lowest BCUT2D eigenvalue weighted by molar-refractivity contribution is 0.732. The van der Waals surface area contributed by atoms with Gasteiger partial charge in [-0.2, -0.15) is 0 Å². The fourth-order valence-electron chi connectivity index (χ4n) is 1.33. The third kappa shape index (κ3) is 5.51. The third-order valence-electron chi connectivity index (χ3n) is 2.02. The van der Waals surface area contributed by atoms with Gasteiger partial charge in [0.15, 0.2) is 0 Å². The number of terminal acetylenes is 1. The van der Waals surface area contributed by atoms with Crippen molar-refractivity contribution in [2.24, 2.45) is 0 Å². The highest BCUT2D eigenvalue weighted by Crippen LogP contribution is 2.03. The lowest BCUT2D eigenvalue weighted by Gasteiger charge is -2.04. The summed E-state index contributed by atoms with van der Waals surface area (Å²) < 4.78 is 0. The minimum atomic E-state index is 0.812. The van der Waals surface area contributed by atoms with E-state index in [-0.39, 0.29) is 0 Å². The van der Waals surface area contributed by atoms with E-state index in [1.54, 1.807) is 11.8 Å². The SMILES string of the molecule is C#CCSCCNCc1cccc(C)c1. The monoisotopic (exact) mass is 219 g/mol. The van der Waals surface area contributed by atoms with E-state index in [0.29, 0.717) is 0 Å². The number of thioether (sulfide) groups is 1. The van der Waals surface area contributed by atoms with E-state index in [1.807, 2.05) is 0 Å². The van der Waals surface area contributed by atoms with Gasteiger partial charge in [0.25, 0.3) is 0 Å². The van der Waals surface area contributed by atoms with Crippen LogP contribution in [0.15, 0.2) is 24.3 Å². The summed E-state index contributed by atoms with van der Waals surface area (Å²) in [5, 5.41) is 3.40. The van der Waals surface area contributed by atoms with Gasteiger partial charge in [-0.05, 0) is 12.5 Å². The first-order valence-corrected chi connectivity index (χ1v) is 6.26. The second-order valence-electron chi connectivity index (χ2n) is 3.42. The lowest BCUT2D eigenvalue weighted by Crippen LogP contribution is -2.16. The average Bonchev–Trinajstić information content (AvgIpc) is 2.23. The van der Waals surface area contributed by atoms with Crippen LogP contribution in [0.25, 0.3) is 0 Å². The molecule has 0 atom stereocenters. The Balaban J connectivity index is 2.13. The molecule has 0 aliphatic carbocycles. The Labute approximate surface area is 96.7 Å². The molecule has 0 aliphatic heterocycles. The van der Waals surface area contributed by atoms with Crippen LogP contribution in [0, 0.1) is 19.3 Å². The normalized spacial score (nSPS) is 9.87. The predicted molar refractivity (Wildman–Crippen MR) is 69.0 cm³/mol. The summed E-state index contributed by atoms with van der Waals surface area (Å²) in [6, 6.07) is 8.57. The van der Waals surface area contributed by atoms with Crippen LogP contribution in [0.4, 0.5) is 0 Å². The molecule has 2 heteroatoms. The largest absolute Gasteiger partial charge is 0.312 e. The first-order valence-electron chi connectivity index (χ1n) is 5.10. The van der Waals surface area contributed by atoms with Gasteiger partial charge in [-0.3, -0.25) is 0 Å². The zero-order valence-corrected chi connectivity index (χ0v) is 9.94. The highest BCUT2D eigenvalue weighted by Gasteiger charge is 1.92. The van der Waals surface area contributed by atoms with E-state index in [2.05, 4.69) is 42.4 Å². The van der Waals surface area contributed by atoms with Crippen molar-refractivity contribution in [3.63, 3.8) is 0 Å². The highest BCUT2D eigenvalue weighted by atomic mass is 32.2. The van der Waals surface area contributed by atoms with Crippen LogP contribution < -0.4 is 5.32 Å². The van der Waals surface area contributed by atoms with Gasteiger partial charge in [0.2, 0.25) is 0 Å². The smallest absolute Gasteiger partial charge is 0.0545 e. The summed E-state index contributed by atoms with van der Waals surface area (Å²) in [5.41, 5.74) is 2.66. The van der Waals surface area contributed by atoms with Crippen molar-refractivity contribution in [3.8, 4) is 12.3 Å². The van der Waals surface area contributed by atoms with E-state index in [4.69, 9.17) is 6.42 Å². The molecule has 0 aliphatic rings. The summed E-state index contributed by atoms with van der Waals surface area (Å²) in [4.78, 5) is 0. The molecule has 80 valence electrons. The molecule has 15 heavy (non-hydrogen) atoms. The Morgan fingerprint density at radius 3 is 3.07 bits per heavy atom. The maximum Gasteiger partial charge on any atom is 0.0545 e. The van der Waals surface area contributed by atoms with Crippen molar-refractivity contribution in [2.45, 2.75) is 13.5 Å². The molecule has 0 heterocycles. The quantitative estimate of drug-likeness (QED) is 0.582. The first kappa shape index (κ1) is 12.2. The molecule has 0 amide bonds. The van der Waals surface area contributed by atoms with Crippen molar-refractivity contribution in [2.75, 3.05) is 18.1 Å². The molecule has 1 aromatic rings. The molecule has 1 N–H and O–H groups in total. The van der Waals surface area contributed by atoms with Crippen molar-refractivity contribution in [1.82, 2.24) is 5.32 Å². The molecule has 0 unspecified atom stereocenters. The number of aryl methyl sites for hydroxylation is 1. The van der Waals surface area contributed by atoms with Crippen LogP contribution in [-0.4, -0.2) is 18.1 Å². The fraction of sp³-hybridized carbons (Fsp3) is 0.385. The molecule has 0 aromatic heterocycles. The summed E-state index contributed by atoms with van der Waals surface area (Å²) in [7, 11) is 0. The first-order chi connectivity index (χ1) is 7.33. The Morgan fingerprint density at radius 2 is 2.33 bits per heavy atom. The number of hydrogen-bond acceptors (Lipinski definition) is 2. The van der Waals surface area contributed by atoms with Gasteiger partial charge in [0.1, 0.15) is 0 Å². The van der Waals surface area contributed by atoms with Gasteiger partial charge in [0.05, 0.1) is 5.75 Å².